The van der Waals surface area contributed by atoms with Crippen LogP contribution in [0.3, 0.4) is 0 Å². The first-order valence-electron chi connectivity index (χ1n) is 8.14. The summed E-state index contributed by atoms with van der Waals surface area (Å²) in [5.74, 6) is 0.684. The van der Waals surface area contributed by atoms with E-state index in [1.54, 1.807) is 20.0 Å². The molecular weight excluding hydrogens is 334 g/mol. The van der Waals surface area contributed by atoms with Crippen LogP contribution in [0.25, 0.3) is 11.0 Å². The number of nitro groups is 1. The lowest BCUT2D eigenvalue weighted by molar-refractivity contribution is -0.385. The highest BCUT2D eigenvalue weighted by atomic mass is 16.6. The van der Waals surface area contributed by atoms with Crippen LogP contribution in [0.4, 0.5) is 16.2 Å². The molecule has 7 heteroatoms. The molecule has 1 aromatic heterocycles. The molecule has 2 aromatic carbocycles. The molecule has 0 radical (unpaired) electrons. The molecule has 26 heavy (non-hydrogen) atoms. The molecule has 134 valence electrons. The predicted octanol–water partition coefficient (Wildman–Crippen LogP) is 4.87. The topological polar surface area (TPSA) is 88.6 Å². The van der Waals surface area contributed by atoms with E-state index in [4.69, 9.17) is 4.42 Å². The number of para-hydroxylation sites is 1. The molecule has 0 saturated heterocycles. The highest BCUT2D eigenvalue weighted by Crippen LogP contribution is 2.27. The molecule has 1 heterocycles. The highest BCUT2D eigenvalue weighted by Gasteiger charge is 2.21. The number of rotatable bonds is 4. The molecule has 0 aliphatic heterocycles. The van der Waals surface area contributed by atoms with Crippen LogP contribution < -0.4 is 5.32 Å². The average Bonchev–Trinajstić information content (AvgIpc) is 3.04. The Hall–Kier alpha value is -3.35. The third kappa shape index (κ3) is 3.37. The van der Waals surface area contributed by atoms with Crippen LogP contribution in [0.5, 0.6) is 0 Å². The Balaban J connectivity index is 1.74. The number of urea groups is 1. The van der Waals surface area contributed by atoms with Crippen LogP contribution in [0.1, 0.15) is 24.3 Å². The second-order valence-corrected chi connectivity index (χ2v) is 6.16. The monoisotopic (exact) mass is 353 g/mol. The SMILES string of the molecule is Cc1cc(NC(=O)N(C)C(C)c2cc3ccccc3o2)ccc1[N+](=O)[O-]. The van der Waals surface area contributed by atoms with Gasteiger partial charge in [0, 0.05) is 29.8 Å². The number of fused-ring (bicyclic) bond motifs is 1. The predicted molar refractivity (Wildman–Crippen MR) is 99.2 cm³/mol. The van der Waals surface area contributed by atoms with Gasteiger partial charge in [0.1, 0.15) is 11.3 Å². The maximum absolute atomic E-state index is 12.5. The van der Waals surface area contributed by atoms with Crippen molar-refractivity contribution in [1.29, 1.82) is 0 Å². The molecule has 1 unspecified atom stereocenters. The quantitative estimate of drug-likeness (QED) is 0.535. The van der Waals surface area contributed by atoms with Gasteiger partial charge in [0.2, 0.25) is 0 Å². The zero-order valence-corrected chi connectivity index (χ0v) is 14.7. The zero-order chi connectivity index (χ0) is 18.8. The molecule has 3 aromatic rings. The number of furan rings is 1. The van der Waals surface area contributed by atoms with Crippen molar-refractivity contribution >= 4 is 28.4 Å². The Labute approximate surface area is 150 Å². The molecule has 0 bridgehead atoms. The van der Waals surface area contributed by atoms with Crippen LogP contribution in [0, 0.1) is 17.0 Å². The molecule has 0 fully saturated rings. The number of amides is 2. The van der Waals surface area contributed by atoms with Gasteiger partial charge in [-0.25, -0.2) is 4.79 Å². The van der Waals surface area contributed by atoms with Crippen LogP contribution >= 0.6 is 0 Å². The van der Waals surface area contributed by atoms with Crippen molar-refractivity contribution in [2.75, 3.05) is 12.4 Å². The van der Waals surface area contributed by atoms with Crippen molar-refractivity contribution in [3.05, 3.63) is 70.0 Å². The van der Waals surface area contributed by atoms with E-state index in [2.05, 4.69) is 5.32 Å². The van der Waals surface area contributed by atoms with Crippen LogP contribution in [-0.2, 0) is 0 Å². The molecule has 0 aliphatic rings. The number of aryl methyl sites for hydroxylation is 1. The molecule has 0 aliphatic carbocycles. The second kappa shape index (κ2) is 6.87. The third-order valence-electron chi connectivity index (χ3n) is 4.40. The van der Waals surface area contributed by atoms with Crippen molar-refractivity contribution in [3.8, 4) is 0 Å². The van der Waals surface area contributed by atoms with E-state index in [9.17, 15) is 14.9 Å². The van der Waals surface area contributed by atoms with Crippen LogP contribution in [0.15, 0.2) is 52.9 Å². The first kappa shape index (κ1) is 17.5. The van der Waals surface area contributed by atoms with Crippen molar-refractivity contribution < 1.29 is 14.1 Å². The van der Waals surface area contributed by atoms with E-state index < -0.39 is 4.92 Å². The van der Waals surface area contributed by atoms with Crippen molar-refractivity contribution in [3.63, 3.8) is 0 Å². The maximum Gasteiger partial charge on any atom is 0.322 e. The summed E-state index contributed by atoms with van der Waals surface area (Å²) >= 11 is 0. The number of anilines is 1. The zero-order valence-electron chi connectivity index (χ0n) is 14.7. The Kier molecular flexibility index (Phi) is 4.62. The lowest BCUT2D eigenvalue weighted by Gasteiger charge is -2.23. The minimum atomic E-state index is -0.448. The van der Waals surface area contributed by atoms with Crippen LogP contribution in [0.2, 0.25) is 0 Å². The van der Waals surface area contributed by atoms with Gasteiger partial charge < -0.3 is 14.6 Å². The summed E-state index contributed by atoms with van der Waals surface area (Å²) in [5, 5.41) is 14.6. The number of nitrogens with zero attached hydrogens (tertiary/aromatic N) is 2. The first-order chi connectivity index (χ1) is 12.4. The Morgan fingerprint density at radius 1 is 1.23 bits per heavy atom. The molecule has 3 rings (SSSR count). The average molecular weight is 353 g/mol. The van der Waals surface area contributed by atoms with Crippen molar-refractivity contribution in [1.82, 2.24) is 4.90 Å². The number of hydrogen-bond acceptors (Lipinski definition) is 4. The fourth-order valence-electron chi connectivity index (χ4n) is 2.72. The lowest BCUT2D eigenvalue weighted by Crippen LogP contribution is -2.33. The van der Waals surface area contributed by atoms with E-state index in [1.807, 2.05) is 37.3 Å². The van der Waals surface area contributed by atoms with Gasteiger partial charge in [0.15, 0.2) is 0 Å². The van der Waals surface area contributed by atoms with Crippen LogP contribution in [-0.4, -0.2) is 22.9 Å². The summed E-state index contributed by atoms with van der Waals surface area (Å²) in [7, 11) is 1.67. The minimum Gasteiger partial charge on any atom is -0.459 e. The van der Waals surface area contributed by atoms with Gasteiger partial charge in [-0.2, -0.15) is 0 Å². The Morgan fingerprint density at radius 3 is 2.62 bits per heavy atom. The first-order valence-corrected chi connectivity index (χ1v) is 8.14. The maximum atomic E-state index is 12.5. The van der Waals surface area contributed by atoms with Gasteiger partial charge in [-0.3, -0.25) is 10.1 Å². The van der Waals surface area contributed by atoms with E-state index >= 15 is 0 Å². The summed E-state index contributed by atoms with van der Waals surface area (Å²) in [6.45, 7) is 3.51. The Bertz CT molecular complexity index is 947. The molecular formula is C19H19N3O4. The van der Waals surface area contributed by atoms with E-state index in [-0.39, 0.29) is 17.8 Å². The van der Waals surface area contributed by atoms with Crippen molar-refractivity contribution in [2.24, 2.45) is 0 Å². The van der Waals surface area contributed by atoms with Gasteiger partial charge in [-0.05, 0) is 38.1 Å². The largest absolute Gasteiger partial charge is 0.459 e. The van der Waals surface area contributed by atoms with Gasteiger partial charge >= 0.3 is 6.03 Å². The summed E-state index contributed by atoms with van der Waals surface area (Å²) < 4.78 is 5.82. The summed E-state index contributed by atoms with van der Waals surface area (Å²) in [4.78, 5) is 24.5. The summed E-state index contributed by atoms with van der Waals surface area (Å²) in [6.07, 6.45) is 0. The third-order valence-corrected chi connectivity index (χ3v) is 4.40. The molecule has 2 amide bonds. The standard InChI is InChI=1S/C19H19N3O4/c1-12-10-15(8-9-16(12)22(24)25)20-19(23)21(3)13(2)18-11-14-6-4-5-7-17(14)26-18/h4-11,13H,1-3H3,(H,20,23). The fourth-order valence-corrected chi connectivity index (χ4v) is 2.72. The molecule has 0 saturated carbocycles. The van der Waals surface area contributed by atoms with E-state index in [0.29, 0.717) is 17.0 Å². The smallest absolute Gasteiger partial charge is 0.322 e. The van der Waals surface area contributed by atoms with Gasteiger partial charge in [-0.1, -0.05) is 18.2 Å². The number of carbonyl (C=O) groups is 1. The number of hydrogen-bond donors (Lipinski definition) is 1. The number of benzene rings is 2. The Morgan fingerprint density at radius 2 is 1.96 bits per heavy atom. The van der Waals surface area contributed by atoms with Gasteiger partial charge in [0.25, 0.3) is 5.69 Å². The number of carbonyl (C=O) groups excluding carboxylic acids is 1. The van der Waals surface area contributed by atoms with Crippen molar-refractivity contribution in [2.45, 2.75) is 19.9 Å². The highest BCUT2D eigenvalue weighted by molar-refractivity contribution is 5.89. The molecule has 7 nitrogen and oxygen atoms in total. The fraction of sp³-hybridized carbons (Fsp3) is 0.211. The molecule has 1 atom stereocenters. The number of nitrogens with one attached hydrogen (secondary N) is 1. The minimum absolute atomic E-state index is 0.0204. The number of nitro benzene ring substituents is 1. The normalized spacial score (nSPS) is 12.0. The van der Waals surface area contributed by atoms with Gasteiger partial charge in [0.05, 0.1) is 11.0 Å². The lowest BCUT2D eigenvalue weighted by atomic mass is 10.2. The van der Waals surface area contributed by atoms with Gasteiger partial charge in [-0.15, -0.1) is 0 Å². The second-order valence-electron chi connectivity index (χ2n) is 6.16. The van der Waals surface area contributed by atoms with E-state index in [1.165, 1.54) is 17.0 Å². The molecule has 1 N–H and O–H groups in total. The summed E-state index contributed by atoms with van der Waals surface area (Å²) in [6, 6.07) is 13.5. The van der Waals surface area contributed by atoms with E-state index in [0.717, 1.165) is 11.0 Å². The summed E-state index contributed by atoms with van der Waals surface area (Å²) in [5.41, 5.74) is 1.78. The molecule has 0 spiro atoms.